The first-order valence-electron chi connectivity index (χ1n) is 11.0. The van der Waals surface area contributed by atoms with E-state index in [2.05, 4.69) is 5.32 Å². The van der Waals surface area contributed by atoms with Crippen LogP contribution in [-0.2, 0) is 9.59 Å². The average Bonchev–Trinajstić information content (AvgIpc) is 3.12. The molecule has 3 aromatic carbocycles. The van der Waals surface area contributed by atoms with Gasteiger partial charge >= 0.3 is 0 Å². The van der Waals surface area contributed by atoms with Crippen molar-refractivity contribution >= 4 is 28.8 Å². The molecule has 174 valence electrons. The highest BCUT2D eigenvalue weighted by Crippen LogP contribution is 2.39. The molecule has 0 aromatic heterocycles. The highest BCUT2D eigenvalue weighted by atomic mass is 16.5. The summed E-state index contributed by atoms with van der Waals surface area (Å²) < 4.78 is 16.6. The van der Waals surface area contributed by atoms with Crippen LogP contribution in [0.15, 0.2) is 78.5 Å². The maximum atomic E-state index is 13.7. The van der Waals surface area contributed by atoms with E-state index in [4.69, 9.17) is 14.2 Å². The van der Waals surface area contributed by atoms with Gasteiger partial charge in [0, 0.05) is 6.07 Å². The molecule has 1 aliphatic heterocycles. The zero-order valence-electron chi connectivity index (χ0n) is 19.3. The fourth-order valence-corrected chi connectivity index (χ4v) is 3.75. The fourth-order valence-electron chi connectivity index (χ4n) is 3.75. The minimum absolute atomic E-state index is 0.157. The summed E-state index contributed by atoms with van der Waals surface area (Å²) in [5.41, 5.74) is 1.99. The van der Waals surface area contributed by atoms with Crippen molar-refractivity contribution in [2.45, 2.75) is 13.3 Å². The van der Waals surface area contributed by atoms with Crippen LogP contribution in [0.1, 0.15) is 18.9 Å². The third-order valence-corrected chi connectivity index (χ3v) is 5.38. The molecular weight excluding hydrogens is 432 g/mol. The van der Waals surface area contributed by atoms with Gasteiger partial charge in [-0.2, -0.15) is 0 Å². The summed E-state index contributed by atoms with van der Waals surface area (Å²) in [4.78, 5) is 28.6. The summed E-state index contributed by atoms with van der Waals surface area (Å²) in [6.45, 7) is 2.47. The van der Waals surface area contributed by atoms with Crippen LogP contribution in [0.25, 0.3) is 5.57 Å². The first-order chi connectivity index (χ1) is 16.6. The fraction of sp³-hybridized carbons (Fsp3) is 0.185. The highest BCUT2D eigenvalue weighted by Gasteiger charge is 2.41. The summed E-state index contributed by atoms with van der Waals surface area (Å²) >= 11 is 0. The number of nitrogens with zero attached hydrogens (tertiary/aromatic N) is 1. The Bertz CT molecular complexity index is 1240. The maximum absolute atomic E-state index is 13.7. The Morgan fingerprint density at radius 3 is 2.26 bits per heavy atom. The van der Waals surface area contributed by atoms with E-state index >= 15 is 0 Å². The molecule has 0 aliphatic carbocycles. The Balaban J connectivity index is 1.81. The van der Waals surface area contributed by atoms with E-state index in [0.29, 0.717) is 40.8 Å². The Morgan fingerprint density at radius 1 is 0.824 bits per heavy atom. The number of amides is 2. The van der Waals surface area contributed by atoms with Gasteiger partial charge in [0.15, 0.2) is 0 Å². The summed E-state index contributed by atoms with van der Waals surface area (Å²) in [5, 5.41) is 3.15. The lowest BCUT2D eigenvalue weighted by Gasteiger charge is -2.19. The number of hydrogen-bond acceptors (Lipinski definition) is 6. The van der Waals surface area contributed by atoms with E-state index < -0.39 is 11.8 Å². The monoisotopic (exact) mass is 458 g/mol. The van der Waals surface area contributed by atoms with Gasteiger partial charge in [-0.15, -0.1) is 0 Å². The number of imide groups is 1. The number of anilines is 2. The molecule has 1 aliphatic rings. The lowest BCUT2D eigenvalue weighted by atomic mass is 10.0. The number of para-hydroxylation sites is 2. The molecule has 4 rings (SSSR count). The van der Waals surface area contributed by atoms with Gasteiger partial charge in [0.05, 0.1) is 37.8 Å². The zero-order valence-corrected chi connectivity index (χ0v) is 19.3. The second-order valence-corrected chi connectivity index (χ2v) is 7.57. The molecule has 2 amide bonds. The third-order valence-electron chi connectivity index (χ3n) is 5.38. The molecule has 7 nitrogen and oxygen atoms in total. The van der Waals surface area contributed by atoms with Gasteiger partial charge < -0.3 is 19.5 Å². The molecule has 1 heterocycles. The summed E-state index contributed by atoms with van der Waals surface area (Å²) in [5.74, 6) is 0.650. The van der Waals surface area contributed by atoms with Gasteiger partial charge in [0.25, 0.3) is 11.8 Å². The van der Waals surface area contributed by atoms with Crippen LogP contribution in [0.3, 0.4) is 0 Å². The minimum atomic E-state index is -0.478. The molecule has 0 atom stereocenters. The molecule has 0 fully saturated rings. The molecule has 0 bridgehead atoms. The van der Waals surface area contributed by atoms with E-state index in [1.165, 1.54) is 7.11 Å². The normalized spacial score (nSPS) is 13.3. The van der Waals surface area contributed by atoms with E-state index in [-0.39, 0.29) is 11.3 Å². The van der Waals surface area contributed by atoms with Crippen LogP contribution in [-0.4, -0.2) is 32.6 Å². The topological polar surface area (TPSA) is 77.1 Å². The first-order valence-corrected chi connectivity index (χ1v) is 11.0. The van der Waals surface area contributed by atoms with Crippen molar-refractivity contribution in [2.24, 2.45) is 0 Å². The number of carbonyl (C=O) groups is 2. The number of nitrogens with one attached hydrogen (secondary N) is 1. The molecule has 0 saturated heterocycles. The molecule has 3 aromatic rings. The number of rotatable bonds is 9. The van der Waals surface area contributed by atoms with E-state index in [1.54, 1.807) is 55.6 Å². The predicted octanol–water partition coefficient (Wildman–Crippen LogP) is 4.89. The van der Waals surface area contributed by atoms with Gasteiger partial charge in [-0.3, -0.25) is 9.59 Å². The van der Waals surface area contributed by atoms with Gasteiger partial charge in [0.2, 0.25) is 0 Å². The number of hydrogen-bond donors (Lipinski definition) is 1. The molecule has 0 saturated carbocycles. The Morgan fingerprint density at radius 2 is 1.56 bits per heavy atom. The maximum Gasteiger partial charge on any atom is 0.282 e. The molecule has 0 unspecified atom stereocenters. The zero-order chi connectivity index (χ0) is 24.1. The molecular formula is C27H26N2O5. The Labute approximate surface area is 198 Å². The quantitative estimate of drug-likeness (QED) is 0.460. The smallest absolute Gasteiger partial charge is 0.282 e. The van der Waals surface area contributed by atoms with Gasteiger partial charge in [-0.1, -0.05) is 49.4 Å². The van der Waals surface area contributed by atoms with Crippen LogP contribution in [0.4, 0.5) is 11.4 Å². The van der Waals surface area contributed by atoms with Crippen molar-refractivity contribution in [2.75, 3.05) is 31.0 Å². The summed E-state index contributed by atoms with van der Waals surface area (Å²) in [6, 6.07) is 21.4. The number of carbonyl (C=O) groups excluding carboxylic acids is 2. The number of methoxy groups -OCH3 is 2. The Kier molecular flexibility index (Phi) is 6.82. The van der Waals surface area contributed by atoms with Crippen LogP contribution in [0, 0.1) is 0 Å². The van der Waals surface area contributed by atoms with Crippen molar-refractivity contribution < 1.29 is 23.8 Å². The van der Waals surface area contributed by atoms with Gasteiger partial charge in [-0.05, 0) is 36.2 Å². The molecule has 34 heavy (non-hydrogen) atoms. The van der Waals surface area contributed by atoms with E-state index in [9.17, 15) is 9.59 Å². The van der Waals surface area contributed by atoms with Gasteiger partial charge in [0.1, 0.15) is 22.9 Å². The van der Waals surface area contributed by atoms with Crippen LogP contribution >= 0.6 is 0 Å². The summed E-state index contributed by atoms with van der Waals surface area (Å²) in [7, 11) is 3.09. The lowest BCUT2D eigenvalue weighted by molar-refractivity contribution is -0.120. The van der Waals surface area contributed by atoms with E-state index in [1.807, 2.05) is 31.2 Å². The van der Waals surface area contributed by atoms with Crippen molar-refractivity contribution in [3.63, 3.8) is 0 Å². The molecule has 1 N–H and O–H groups in total. The highest BCUT2D eigenvalue weighted by molar-refractivity contribution is 6.46. The Hall–Kier alpha value is -4.26. The largest absolute Gasteiger partial charge is 0.497 e. The van der Waals surface area contributed by atoms with E-state index in [0.717, 1.165) is 11.3 Å². The number of ether oxygens (including phenoxy) is 3. The summed E-state index contributed by atoms with van der Waals surface area (Å²) in [6.07, 6.45) is 0.799. The number of benzene rings is 3. The average molecular weight is 459 g/mol. The molecule has 0 spiro atoms. The lowest BCUT2D eigenvalue weighted by Crippen LogP contribution is -2.32. The first kappa shape index (κ1) is 22.9. The van der Waals surface area contributed by atoms with Gasteiger partial charge in [-0.25, -0.2) is 4.90 Å². The van der Waals surface area contributed by atoms with Crippen LogP contribution < -0.4 is 24.4 Å². The van der Waals surface area contributed by atoms with Crippen LogP contribution in [0.2, 0.25) is 0 Å². The standard InChI is InChI=1S/C27H26N2O5/c1-4-16-34-22-13-9-8-12-21(22)29-26(30)24(18-10-6-5-7-11-18)25(27(29)31)28-20-15-14-19(32-2)17-23(20)33-3/h5-15,17,28H,4,16H2,1-3H3. The second-order valence-electron chi connectivity index (χ2n) is 7.57. The van der Waals surface area contributed by atoms with Crippen molar-refractivity contribution in [1.29, 1.82) is 0 Å². The predicted molar refractivity (Wildman–Crippen MR) is 131 cm³/mol. The van der Waals surface area contributed by atoms with Crippen LogP contribution in [0.5, 0.6) is 17.2 Å². The minimum Gasteiger partial charge on any atom is -0.497 e. The van der Waals surface area contributed by atoms with Crippen molar-refractivity contribution in [1.82, 2.24) is 0 Å². The third kappa shape index (κ3) is 4.32. The SMILES string of the molecule is CCCOc1ccccc1N1C(=O)C(Nc2ccc(OC)cc2OC)=C(c2ccccc2)C1=O. The van der Waals surface area contributed by atoms with Crippen molar-refractivity contribution in [3.8, 4) is 17.2 Å². The molecule has 0 radical (unpaired) electrons. The second kappa shape index (κ2) is 10.1. The molecule has 7 heteroatoms. The van der Waals surface area contributed by atoms with Crippen molar-refractivity contribution in [3.05, 3.63) is 84.1 Å².